The Morgan fingerprint density at radius 1 is 1.36 bits per heavy atom. The predicted octanol–water partition coefficient (Wildman–Crippen LogP) is 3.03. The van der Waals surface area contributed by atoms with Crippen molar-refractivity contribution >= 4 is 11.2 Å². The molecule has 0 saturated carbocycles. The van der Waals surface area contributed by atoms with Crippen LogP contribution in [0.3, 0.4) is 0 Å². The second-order valence-corrected chi connectivity index (χ2v) is 6.20. The highest BCUT2D eigenvalue weighted by Gasteiger charge is 2.17. The molecule has 25 heavy (non-hydrogen) atoms. The molecule has 1 unspecified atom stereocenters. The van der Waals surface area contributed by atoms with E-state index in [1.54, 1.807) is 6.20 Å². The van der Waals surface area contributed by atoms with Crippen LogP contribution in [0.2, 0.25) is 0 Å². The first-order valence-electron chi connectivity index (χ1n) is 8.50. The van der Waals surface area contributed by atoms with E-state index >= 15 is 0 Å². The number of anilines is 1. The topological polar surface area (TPSA) is 75.2 Å². The van der Waals surface area contributed by atoms with Crippen LogP contribution in [0.1, 0.15) is 24.5 Å². The highest BCUT2D eigenvalue weighted by molar-refractivity contribution is 5.68. The number of rotatable bonds is 4. The van der Waals surface area contributed by atoms with Gasteiger partial charge in [-0.1, -0.05) is 6.92 Å². The van der Waals surface area contributed by atoms with Gasteiger partial charge in [-0.25, -0.2) is 4.52 Å². The van der Waals surface area contributed by atoms with Crippen molar-refractivity contribution in [3.63, 3.8) is 0 Å². The van der Waals surface area contributed by atoms with Crippen LogP contribution < -0.4 is 5.32 Å². The van der Waals surface area contributed by atoms with Gasteiger partial charge in [-0.3, -0.25) is 4.98 Å². The van der Waals surface area contributed by atoms with Crippen LogP contribution in [-0.4, -0.2) is 33.9 Å². The quantitative estimate of drug-likeness (QED) is 0.794. The molecule has 4 heterocycles. The summed E-state index contributed by atoms with van der Waals surface area (Å²) in [6, 6.07) is 10.3. The Morgan fingerprint density at radius 3 is 3.04 bits per heavy atom. The summed E-state index contributed by atoms with van der Waals surface area (Å²) >= 11 is 0. The van der Waals surface area contributed by atoms with Gasteiger partial charge in [0.05, 0.1) is 41.3 Å². The van der Waals surface area contributed by atoms with Crippen LogP contribution in [0.5, 0.6) is 0 Å². The average Bonchev–Trinajstić information content (AvgIpc) is 3.30. The monoisotopic (exact) mass is 333 g/mol. The first-order chi connectivity index (χ1) is 12.3. The molecule has 3 aromatic rings. The maximum Gasteiger partial charge on any atom is 0.101 e. The van der Waals surface area contributed by atoms with Crippen LogP contribution in [-0.2, 0) is 11.2 Å². The third-order valence-electron chi connectivity index (χ3n) is 4.55. The third-order valence-corrected chi connectivity index (χ3v) is 4.55. The SMILES string of the molecule is CCc1cnc(-c2ccc3cc(C#N)cnn23)cc1NC1CCOC1. The number of nitriles is 1. The molecule has 1 aliphatic rings. The minimum Gasteiger partial charge on any atom is -0.380 e. The standard InChI is InChI=1S/C19H19N5O/c1-2-14-11-21-18(8-17(14)23-15-5-6-25-12-15)19-4-3-16-7-13(9-20)10-22-24(16)19/h3-4,7-8,10-11,15H,2,5-6,12H2,1H3,(H,21,23). The van der Waals surface area contributed by atoms with E-state index in [0.29, 0.717) is 11.6 Å². The Kier molecular flexibility index (Phi) is 4.08. The van der Waals surface area contributed by atoms with Crippen molar-refractivity contribution in [2.75, 3.05) is 18.5 Å². The molecular formula is C19H19N5O. The van der Waals surface area contributed by atoms with Gasteiger partial charge < -0.3 is 10.1 Å². The van der Waals surface area contributed by atoms with Crippen molar-refractivity contribution in [2.45, 2.75) is 25.8 Å². The van der Waals surface area contributed by atoms with E-state index in [2.05, 4.69) is 34.5 Å². The first kappa shape index (κ1) is 15.6. The molecule has 1 atom stereocenters. The molecule has 4 rings (SSSR count). The predicted molar refractivity (Wildman–Crippen MR) is 95.4 cm³/mol. The summed E-state index contributed by atoms with van der Waals surface area (Å²) in [7, 11) is 0. The van der Waals surface area contributed by atoms with Crippen molar-refractivity contribution in [2.24, 2.45) is 0 Å². The zero-order chi connectivity index (χ0) is 17.2. The summed E-state index contributed by atoms with van der Waals surface area (Å²) in [4.78, 5) is 4.62. The smallest absolute Gasteiger partial charge is 0.101 e. The summed E-state index contributed by atoms with van der Waals surface area (Å²) < 4.78 is 7.28. The lowest BCUT2D eigenvalue weighted by Crippen LogP contribution is -2.20. The fourth-order valence-electron chi connectivity index (χ4n) is 3.16. The fourth-order valence-corrected chi connectivity index (χ4v) is 3.16. The summed E-state index contributed by atoms with van der Waals surface area (Å²) in [5.41, 5.74) is 5.50. The Bertz CT molecular complexity index is 950. The minimum absolute atomic E-state index is 0.348. The molecule has 1 saturated heterocycles. The van der Waals surface area contributed by atoms with Gasteiger partial charge >= 0.3 is 0 Å². The van der Waals surface area contributed by atoms with Crippen molar-refractivity contribution in [3.8, 4) is 17.5 Å². The highest BCUT2D eigenvalue weighted by Crippen LogP contribution is 2.26. The van der Waals surface area contributed by atoms with Crippen molar-refractivity contribution < 1.29 is 4.74 Å². The van der Waals surface area contributed by atoms with Gasteiger partial charge in [-0.05, 0) is 42.7 Å². The molecule has 6 nitrogen and oxygen atoms in total. The van der Waals surface area contributed by atoms with E-state index in [4.69, 9.17) is 10.00 Å². The lowest BCUT2D eigenvalue weighted by molar-refractivity contribution is 0.195. The maximum absolute atomic E-state index is 9.02. The van der Waals surface area contributed by atoms with Crippen LogP contribution in [0.4, 0.5) is 5.69 Å². The molecular weight excluding hydrogens is 314 g/mol. The van der Waals surface area contributed by atoms with Crippen LogP contribution >= 0.6 is 0 Å². The first-order valence-corrected chi connectivity index (χ1v) is 8.50. The second kappa shape index (κ2) is 6.54. The highest BCUT2D eigenvalue weighted by atomic mass is 16.5. The van der Waals surface area contributed by atoms with Gasteiger partial charge in [-0.2, -0.15) is 10.4 Å². The van der Waals surface area contributed by atoms with Crippen LogP contribution in [0, 0.1) is 11.3 Å². The number of ether oxygens (including phenoxy) is 1. The van der Waals surface area contributed by atoms with Gasteiger partial charge in [0.25, 0.3) is 0 Å². The number of pyridine rings is 1. The lowest BCUT2D eigenvalue weighted by Gasteiger charge is -2.16. The largest absolute Gasteiger partial charge is 0.380 e. The molecule has 3 aromatic heterocycles. The fraction of sp³-hybridized carbons (Fsp3) is 0.316. The van der Waals surface area contributed by atoms with E-state index < -0.39 is 0 Å². The summed E-state index contributed by atoms with van der Waals surface area (Å²) in [5, 5.41) is 17.0. The number of hydrogen-bond acceptors (Lipinski definition) is 5. The van der Waals surface area contributed by atoms with Gasteiger partial charge in [-0.15, -0.1) is 0 Å². The van der Waals surface area contributed by atoms with E-state index in [-0.39, 0.29) is 0 Å². The molecule has 6 heteroatoms. The zero-order valence-corrected chi connectivity index (χ0v) is 14.1. The molecule has 0 spiro atoms. The number of hydrogen-bond donors (Lipinski definition) is 1. The van der Waals surface area contributed by atoms with E-state index in [1.165, 1.54) is 5.56 Å². The molecule has 0 aliphatic carbocycles. The zero-order valence-electron chi connectivity index (χ0n) is 14.1. The van der Waals surface area contributed by atoms with Crippen molar-refractivity contribution in [3.05, 3.63) is 47.8 Å². The summed E-state index contributed by atoms with van der Waals surface area (Å²) in [6.07, 6.45) is 5.44. The van der Waals surface area contributed by atoms with E-state index in [1.807, 2.05) is 28.9 Å². The minimum atomic E-state index is 0.348. The van der Waals surface area contributed by atoms with E-state index in [0.717, 1.165) is 48.6 Å². The maximum atomic E-state index is 9.02. The lowest BCUT2D eigenvalue weighted by atomic mass is 10.1. The molecule has 1 N–H and O–H groups in total. The number of aryl methyl sites for hydroxylation is 1. The molecule has 1 aliphatic heterocycles. The molecule has 1 fully saturated rings. The number of aromatic nitrogens is 3. The van der Waals surface area contributed by atoms with Gasteiger partial charge in [0.15, 0.2) is 0 Å². The summed E-state index contributed by atoms with van der Waals surface area (Å²) in [6.45, 7) is 3.68. The van der Waals surface area contributed by atoms with Crippen molar-refractivity contribution in [1.29, 1.82) is 5.26 Å². The van der Waals surface area contributed by atoms with Crippen molar-refractivity contribution in [1.82, 2.24) is 14.6 Å². The van der Waals surface area contributed by atoms with Gasteiger partial charge in [0.2, 0.25) is 0 Å². The average molecular weight is 333 g/mol. The molecule has 126 valence electrons. The number of nitrogens with zero attached hydrogens (tertiary/aromatic N) is 4. The van der Waals surface area contributed by atoms with Gasteiger partial charge in [0, 0.05) is 18.5 Å². The third kappa shape index (κ3) is 2.94. The Hall–Kier alpha value is -2.91. The normalized spacial score (nSPS) is 16.9. The Morgan fingerprint density at radius 2 is 2.28 bits per heavy atom. The molecule has 0 aromatic carbocycles. The van der Waals surface area contributed by atoms with Crippen LogP contribution in [0.15, 0.2) is 36.7 Å². The Balaban J connectivity index is 1.74. The summed E-state index contributed by atoms with van der Waals surface area (Å²) in [5.74, 6) is 0. The molecule has 0 radical (unpaired) electrons. The Labute approximate surface area is 146 Å². The van der Waals surface area contributed by atoms with Crippen LogP contribution in [0.25, 0.3) is 16.9 Å². The number of fused-ring (bicyclic) bond motifs is 1. The second-order valence-electron chi connectivity index (χ2n) is 6.20. The molecule has 0 bridgehead atoms. The molecule has 0 amide bonds. The number of nitrogens with one attached hydrogen (secondary N) is 1. The van der Waals surface area contributed by atoms with E-state index in [9.17, 15) is 0 Å². The van der Waals surface area contributed by atoms with Gasteiger partial charge in [0.1, 0.15) is 6.07 Å².